The fraction of sp³-hybridized carbons (Fsp3) is 0.167. The molecule has 3 amide bonds. The number of hydrogen-bond acceptors (Lipinski definition) is 5. The maximum atomic E-state index is 12.7. The molecule has 0 atom stereocenters. The van der Waals surface area contributed by atoms with Crippen molar-refractivity contribution >= 4 is 51.0 Å². The number of benzene rings is 2. The van der Waals surface area contributed by atoms with Crippen LogP contribution >= 0.6 is 27.5 Å². The summed E-state index contributed by atoms with van der Waals surface area (Å²) in [5.41, 5.74) is 9.99. The van der Waals surface area contributed by atoms with Gasteiger partial charge in [-0.2, -0.15) is 5.10 Å². The normalized spacial score (nSPS) is 13.8. The van der Waals surface area contributed by atoms with Crippen LogP contribution in [-0.4, -0.2) is 23.4 Å². The molecular formula is C24H20BrClN4O4. The first kappa shape index (κ1) is 23.7. The van der Waals surface area contributed by atoms with Crippen LogP contribution in [0.1, 0.15) is 61.0 Å². The Labute approximate surface area is 208 Å². The van der Waals surface area contributed by atoms with Crippen molar-refractivity contribution < 1.29 is 18.8 Å². The summed E-state index contributed by atoms with van der Waals surface area (Å²) >= 11 is 9.26. The topological polar surface area (TPSA) is 113 Å². The van der Waals surface area contributed by atoms with Crippen LogP contribution in [0.3, 0.4) is 0 Å². The zero-order valence-electron chi connectivity index (χ0n) is 18.1. The molecule has 1 aliphatic rings. The monoisotopic (exact) mass is 542 g/mol. The van der Waals surface area contributed by atoms with Gasteiger partial charge in [0, 0.05) is 32.6 Å². The minimum absolute atomic E-state index is 0.0723. The fourth-order valence-electron chi connectivity index (χ4n) is 3.69. The molecule has 0 aliphatic heterocycles. The number of nitrogens with one attached hydrogen (secondary N) is 3. The number of hydrazone groups is 1. The lowest BCUT2D eigenvalue weighted by molar-refractivity contribution is 0.0829. The lowest BCUT2D eigenvalue weighted by atomic mass is 9.93. The number of furan rings is 1. The van der Waals surface area contributed by atoms with Gasteiger partial charge in [-0.15, -0.1) is 0 Å². The van der Waals surface area contributed by atoms with E-state index in [4.69, 9.17) is 16.0 Å². The minimum atomic E-state index is -0.598. The predicted molar refractivity (Wildman–Crippen MR) is 131 cm³/mol. The third-order valence-electron chi connectivity index (χ3n) is 5.32. The lowest BCUT2D eigenvalue weighted by Crippen LogP contribution is -2.41. The number of rotatable bonds is 4. The molecular weight excluding hydrogens is 524 g/mol. The van der Waals surface area contributed by atoms with Crippen molar-refractivity contribution in [2.24, 2.45) is 5.10 Å². The number of fused-ring (bicyclic) bond motifs is 1. The molecule has 4 rings (SSSR count). The van der Waals surface area contributed by atoms with E-state index >= 15 is 0 Å². The summed E-state index contributed by atoms with van der Waals surface area (Å²) in [6.45, 7) is 1.74. The third-order valence-corrected chi connectivity index (χ3v) is 6.25. The predicted octanol–water partition coefficient (Wildman–Crippen LogP) is 4.55. The molecule has 0 fully saturated rings. The Morgan fingerprint density at radius 2 is 1.76 bits per heavy atom. The summed E-state index contributed by atoms with van der Waals surface area (Å²) in [4.78, 5) is 37.5. The molecule has 1 aliphatic carbocycles. The molecule has 0 bridgehead atoms. The lowest BCUT2D eigenvalue weighted by Gasteiger charge is -2.13. The van der Waals surface area contributed by atoms with Crippen LogP contribution in [-0.2, 0) is 6.42 Å². The largest absolute Gasteiger partial charge is 0.455 e. The number of carbonyl (C=O) groups excluding carboxylic acids is 3. The number of amides is 3. The van der Waals surface area contributed by atoms with Crippen molar-refractivity contribution in [1.29, 1.82) is 0 Å². The van der Waals surface area contributed by atoms with Crippen LogP contribution in [0.4, 0.5) is 0 Å². The van der Waals surface area contributed by atoms with Gasteiger partial charge in [-0.1, -0.05) is 29.8 Å². The molecule has 0 saturated carbocycles. The molecule has 1 aromatic heterocycles. The van der Waals surface area contributed by atoms with Crippen LogP contribution in [0.25, 0.3) is 0 Å². The Morgan fingerprint density at radius 1 is 1.00 bits per heavy atom. The van der Waals surface area contributed by atoms with Gasteiger partial charge in [0.15, 0.2) is 5.76 Å². The highest BCUT2D eigenvalue weighted by atomic mass is 79.9. The highest BCUT2D eigenvalue weighted by Gasteiger charge is 2.28. The summed E-state index contributed by atoms with van der Waals surface area (Å²) in [5.74, 6) is -0.775. The smallest absolute Gasteiger partial charge is 0.305 e. The van der Waals surface area contributed by atoms with Gasteiger partial charge in [-0.3, -0.25) is 25.2 Å². The van der Waals surface area contributed by atoms with Crippen molar-refractivity contribution in [2.45, 2.75) is 26.2 Å². The molecule has 0 unspecified atom stereocenters. The van der Waals surface area contributed by atoms with Crippen molar-refractivity contribution in [3.8, 4) is 0 Å². The Bertz CT molecular complexity index is 1320. The number of carbonyl (C=O) groups is 3. The van der Waals surface area contributed by atoms with Gasteiger partial charge >= 0.3 is 5.91 Å². The second kappa shape index (κ2) is 10.2. The van der Waals surface area contributed by atoms with Gasteiger partial charge < -0.3 is 4.42 Å². The van der Waals surface area contributed by atoms with Crippen LogP contribution < -0.4 is 16.3 Å². The SMILES string of the molecule is Cc1c(C(=O)NNC(=O)c2cccc(Cl)c2)oc2c1/C(=N/NC(=O)c1ccccc1Br)CCC2. The van der Waals surface area contributed by atoms with Gasteiger partial charge in [0.1, 0.15) is 5.76 Å². The molecule has 34 heavy (non-hydrogen) atoms. The van der Waals surface area contributed by atoms with E-state index in [1.54, 1.807) is 43.3 Å². The number of hydrazine groups is 1. The first-order valence-corrected chi connectivity index (χ1v) is 11.6. The van der Waals surface area contributed by atoms with Crippen molar-refractivity contribution in [1.82, 2.24) is 16.3 Å². The molecule has 3 N–H and O–H groups in total. The van der Waals surface area contributed by atoms with Crippen LogP contribution in [0.2, 0.25) is 5.02 Å². The van der Waals surface area contributed by atoms with E-state index in [9.17, 15) is 14.4 Å². The van der Waals surface area contributed by atoms with E-state index in [-0.39, 0.29) is 11.7 Å². The van der Waals surface area contributed by atoms with Gasteiger partial charge in [0.25, 0.3) is 11.8 Å². The minimum Gasteiger partial charge on any atom is -0.455 e. The average Bonchev–Trinajstić information content (AvgIpc) is 3.18. The van der Waals surface area contributed by atoms with Gasteiger partial charge in [0.05, 0.1) is 11.3 Å². The first-order chi connectivity index (χ1) is 16.3. The zero-order valence-corrected chi connectivity index (χ0v) is 20.4. The van der Waals surface area contributed by atoms with E-state index in [0.29, 0.717) is 56.1 Å². The summed E-state index contributed by atoms with van der Waals surface area (Å²) in [6, 6.07) is 13.4. The molecule has 0 saturated heterocycles. The maximum Gasteiger partial charge on any atom is 0.305 e. The average molecular weight is 544 g/mol. The second-order valence-electron chi connectivity index (χ2n) is 7.61. The fourth-order valence-corrected chi connectivity index (χ4v) is 4.35. The second-order valence-corrected chi connectivity index (χ2v) is 8.90. The highest BCUT2D eigenvalue weighted by molar-refractivity contribution is 9.10. The number of nitrogens with zero attached hydrogens (tertiary/aromatic N) is 1. The van der Waals surface area contributed by atoms with Gasteiger partial charge in [0.2, 0.25) is 0 Å². The van der Waals surface area contributed by atoms with Gasteiger partial charge in [-0.25, -0.2) is 5.43 Å². The standard InChI is InChI=1S/C24H20BrClN4O4/c1-13-20-18(27-29-23(32)16-8-2-3-9-17(16)25)10-5-11-19(20)34-21(13)24(33)30-28-22(31)14-6-4-7-15(26)12-14/h2-4,6-9,12H,5,10-11H2,1H3,(H,28,31)(H,29,32)(H,30,33)/b27-18+. The van der Waals surface area contributed by atoms with Crippen molar-refractivity contribution in [3.05, 3.63) is 91.8 Å². The summed E-state index contributed by atoms with van der Waals surface area (Å²) < 4.78 is 6.47. The van der Waals surface area contributed by atoms with Crippen LogP contribution in [0, 0.1) is 6.92 Å². The molecule has 8 nitrogen and oxygen atoms in total. The summed E-state index contributed by atoms with van der Waals surface area (Å²) in [5, 5.41) is 4.73. The Balaban J connectivity index is 1.49. The van der Waals surface area contributed by atoms with Crippen molar-refractivity contribution in [3.63, 3.8) is 0 Å². The molecule has 0 radical (unpaired) electrons. The Kier molecular flexibility index (Phi) is 7.14. The van der Waals surface area contributed by atoms with E-state index in [2.05, 4.69) is 37.3 Å². The molecule has 0 spiro atoms. The first-order valence-electron chi connectivity index (χ1n) is 10.5. The molecule has 174 valence electrons. The Hall–Kier alpha value is -3.43. The quantitative estimate of drug-likeness (QED) is 0.419. The molecule has 2 aromatic carbocycles. The van der Waals surface area contributed by atoms with E-state index in [1.165, 1.54) is 6.07 Å². The highest BCUT2D eigenvalue weighted by Crippen LogP contribution is 2.30. The van der Waals surface area contributed by atoms with E-state index in [1.807, 2.05) is 6.07 Å². The summed E-state index contributed by atoms with van der Waals surface area (Å²) in [6.07, 6.45) is 2.02. The molecule has 1 heterocycles. The van der Waals surface area contributed by atoms with Crippen LogP contribution in [0.15, 0.2) is 62.5 Å². The third kappa shape index (κ3) is 5.05. The number of aryl methyl sites for hydroxylation is 1. The van der Waals surface area contributed by atoms with Crippen LogP contribution in [0.5, 0.6) is 0 Å². The molecule has 3 aromatic rings. The van der Waals surface area contributed by atoms with Crippen molar-refractivity contribution in [2.75, 3.05) is 0 Å². The van der Waals surface area contributed by atoms with Gasteiger partial charge in [-0.05, 0) is 66.0 Å². The Morgan fingerprint density at radius 3 is 2.53 bits per heavy atom. The number of hydrogen-bond donors (Lipinski definition) is 3. The van der Waals surface area contributed by atoms with E-state index in [0.717, 1.165) is 6.42 Å². The number of halogens is 2. The summed E-state index contributed by atoms with van der Waals surface area (Å²) in [7, 11) is 0. The maximum absolute atomic E-state index is 12.7. The van der Waals surface area contributed by atoms with E-state index < -0.39 is 11.8 Å². The zero-order chi connectivity index (χ0) is 24.2. The molecule has 10 heteroatoms.